The third kappa shape index (κ3) is 3.31. The van der Waals surface area contributed by atoms with E-state index in [4.69, 9.17) is 21.1 Å². The molecule has 0 fully saturated rings. The molecule has 0 radical (unpaired) electrons. The summed E-state index contributed by atoms with van der Waals surface area (Å²) in [6, 6.07) is 12.0. The van der Waals surface area contributed by atoms with E-state index in [0.717, 1.165) is 16.9 Å². The van der Waals surface area contributed by atoms with E-state index >= 15 is 0 Å². The van der Waals surface area contributed by atoms with Crippen molar-refractivity contribution in [2.75, 3.05) is 21.3 Å². The summed E-state index contributed by atoms with van der Waals surface area (Å²) < 4.78 is 10.7. The number of aryl methyl sites for hydroxylation is 1. The Hall–Kier alpha value is -1.71. The van der Waals surface area contributed by atoms with Crippen molar-refractivity contribution < 1.29 is 9.47 Å². The lowest BCUT2D eigenvalue weighted by Gasteiger charge is -2.21. The molecule has 0 aliphatic rings. The molecule has 0 bridgehead atoms. The molecule has 21 heavy (non-hydrogen) atoms. The van der Waals surface area contributed by atoms with Crippen molar-refractivity contribution in [3.63, 3.8) is 0 Å². The highest BCUT2D eigenvalue weighted by molar-refractivity contribution is 6.32. The van der Waals surface area contributed by atoms with Gasteiger partial charge in [-0.3, -0.25) is 0 Å². The zero-order valence-electron chi connectivity index (χ0n) is 12.7. The van der Waals surface area contributed by atoms with Gasteiger partial charge in [0.15, 0.2) is 0 Å². The van der Waals surface area contributed by atoms with Gasteiger partial charge in [0.05, 0.1) is 25.3 Å². The Morgan fingerprint density at radius 2 is 1.67 bits per heavy atom. The Bertz CT molecular complexity index is 628. The summed E-state index contributed by atoms with van der Waals surface area (Å²) in [6.45, 7) is 2.07. The topological polar surface area (TPSA) is 30.5 Å². The number of hydrogen-bond acceptors (Lipinski definition) is 3. The number of hydrogen-bond donors (Lipinski definition) is 1. The molecule has 0 aliphatic carbocycles. The van der Waals surface area contributed by atoms with Gasteiger partial charge in [0.2, 0.25) is 0 Å². The number of nitrogens with one attached hydrogen (secondary N) is 1. The maximum atomic E-state index is 6.24. The lowest BCUT2D eigenvalue weighted by Crippen LogP contribution is -2.18. The Balaban J connectivity index is 2.49. The van der Waals surface area contributed by atoms with Gasteiger partial charge in [0.25, 0.3) is 0 Å². The van der Waals surface area contributed by atoms with Gasteiger partial charge in [-0.25, -0.2) is 0 Å². The third-order valence-corrected chi connectivity index (χ3v) is 3.79. The molecule has 2 rings (SSSR count). The molecule has 1 atom stereocenters. The van der Waals surface area contributed by atoms with Gasteiger partial charge in [-0.2, -0.15) is 0 Å². The SMILES string of the molecule is CNC(c1ccc(OC)c(Cl)c1)c1cc(C)ccc1OC. The monoisotopic (exact) mass is 305 g/mol. The van der Waals surface area contributed by atoms with Crippen LogP contribution in [0.1, 0.15) is 22.7 Å². The molecule has 1 N–H and O–H groups in total. The van der Waals surface area contributed by atoms with E-state index < -0.39 is 0 Å². The summed E-state index contributed by atoms with van der Waals surface area (Å²) in [5.74, 6) is 1.53. The van der Waals surface area contributed by atoms with Crippen molar-refractivity contribution in [2.45, 2.75) is 13.0 Å². The molecule has 112 valence electrons. The Morgan fingerprint density at radius 3 is 2.24 bits per heavy atom. The van der Waals surface area contributed by atoms with Crippen LogP contribution in [0.5, 0.6) is 11.5 Å². The second-order valence-corrected chi connectivity index (χ2v) is 5.27. The van der Waals surface area contributed by atoms with Crippen LogP contribution in [-0.2, 0) is 0 Å². The van der Waals surface area contributed by atoms with Gasteiger partial charge in [-0.05, 0) is 37.7 Å². The van der Waals surface area contributed by atoms with E-state index in [0.29, 0.717) is 10.8 Å². The molecule has 0 saturated heterocycles. The highest BCUT2D eigenvalue weighted by atomic mass is 35.5. The van der Waals surface area contributed by atoms with Crippen LogP contribution in [0.15, 0.2) is 36.4 Å². The van der Waals surface area contributed by atoms with E-state index in [1.54, 1.807) is 14.2 Å². The minimum absolute atomic E-state index is 0.00301. The van der Waals surface area contributed by atoms with E-state index in [1.165, 1.54) is 5.56 Å². The van der Waals surface area contributed by atoms with Crippen LogP contribution in [0, 0.1) is 6.92 Å². The fraction of sp³-hybridized carbons (Fsp3) is 0.294. The third-order valence-electron chi connectivity index (χ3n) is 3.49. The minimum atomic E-state index is 0.00301. The van der Waals surface area contributed by atoms with Crippen LogP contribution in [0.3, 0.4) is 0 Å². The predicted molar refractivity (Wildman–Crippen MR) is 86.6 cm³/mol. The van der Waals surface area contributed by atoms with Gasteiger partial charge in [0, 0.05) is 5.56 Å². The van der Waals surface area contributed by atoms with E-state index in [-0.39, 0.29) is 6.04 Å². The second kappa shape index (κ2) is 6.83. The van der Waals surface area contributed by atoms with Crippen molar-refractivity contribution >= 4 is 11.6 Å². The molecule has 0 heterocycles. The van der Waals surface area contributed by atoms with Crippen LogP contribution in [0.4, 0.5) is 0 Å². The van der Waals surface area contributed by atoms with Crippen molar-refractivity contribution in [2.24, 2.45) is 0 Å². The first-order valence-electron chi connectivity index (χ1n) is 6.76. The summed E-state index contributed by atoms with van der Waals surface area (Å²) in [7, 11) is 5.21. The standard InChI is InChI=1S/C17H20ClNO2/c1-11-5-7-15(20-3)13(9-11)17(19-2)12-6-8-16(21-4)14(18)10-12/h5-10,17,19H,1-4H3. The normalized spacial score (nSPS) is 12.0. The predicted octanol–water partition coefficient (Wildman–Crippen LogP) is 3.97. The lowest BCUT2D eigenvalue weighted by atomic mass is 9.96. The van der Waals surface area contributed by atoms with Gasteiger partial charge in [-0.1, -0.05) is 35.4 Å². The van der Waals surface area contributed by atoms with E-state index in [1.807, 2.05) is 37.4 Å². The molecular weight excluding hydrogens is 286 g/mol. The Kier molecular flexibility index (Phi) is 5.10. The molecule has 0 saturated carbocycles. The zero-order chi connectivity index (χ0) is 15.4. The maximum absolute atomic E-state index is 6.24. The van der Waals surface area contributed by atoms with E-state index in [9.17, 15) is 0 Å². The van der Waals surface area contributed by atoms with Crippen LogP contribution in [0.2, 0.25) is 5.02 Å². The van der Waals surface area contributed by atoms with Crippen LogP contribution < -0.4 is 14.8 Å². The van der Waals surface area contributed by atoms with E-state index in [2.05, 4.69) is 18.3 Å². The molecule has 3 nitrogen and oxygen atoms in total. The number of halogens is 1. The average Bonchev–Trinajstić information content (AvgIpc) is 2.48. The molecule has 1 unspecified atom stereocenters. The fourth-order valence-electron chi connectivity index (χ4n) is 2.44. The first-order valence-corrected chi connectivity index (χ1v) is 7.13. The minimum Gasteiger partial charge on any atom is -0.496 e. The first-order chi connectivity index (χ1) is 10.1. The summed E-state index contributed by atoms with van der Waals surface area (Å²) in [5, 5.41) is 3.92. The molecule has 0 spiro atoms. The number of benzene rings is 2. The number of methoxy groups -OCH3 is 2. The summed E-state index contributed by atoms with van der Waals surface area (Å²) in [5.41, 5.74) is 3.33. The quantitative estimate of drug-likeness (QED) is 0.906. The zero-order valence-corrected chi connectivity index (χ0v) is 13.5. The molecular formula is C17H20ClNO2. The Labute approximate surface area is 130 Å². The fourth-order valence-corrected chi connectivity index (χ4v) is 2.71. The van der Waals surface area contributed by atoms with Crippen molar-refractivity contribution in [3.8, 4) is 11.5 Å². The van der Waals surface area contributed by atoms with Crippen molar-refractivity contribution in [1.82, 2.24) is 5.32 Å². The van der Waals surface area contributed by atoms with Crippen molar-refractivity contribution in [3.05, 3.63) is 58.1 Å². The van der Waals surface area contributed by atoms with Gasteiger partial charge >= 0.3 is 0 Å². The summed E-state index contributed by atoms with van der Waals surface area (Å²) >= 11 is 6.24. The molecule has 2 aromatic carbocycles. The molecule has 0 aliphatic heterocycles. The highest BCUT2D eigenvalue weighted by Gasteiger charge is 2.18. The lowest BCUT2D eigenvalue weighted by molar-refractivity contribution is 0.405. The maximum Gasteiger partial charge on any atom is 0.137 e. The number of ether oxygens (including phenoxy) is 2. The molecule has 0 amide bonds. The summed E-state index contributed by atoms with van der Waals surface area (Å²) in [6.07, 6.45) is 0. The van der Waals surface area contributed by atoms with Crippen molar-refractivity contribution in [1.29, 1.82) is 0 Å². The average molecular weight is 306 g/mol. The molecule has 4 heteroatoms. The first kappa shape index (κ1) is 15.7. The van der Waals surface area contributed by atoms with Crippen LogP contribution in [-0.4, -0.2) is 21.3 Å². The number of rotatable bonds is 5. The highest BCUT2D eigenvalue weighted by Crippen LogP contribution is 2.34. The van der Waals surface area contributed by atoms with Gasteiger partial charge in [0.1, 0.15) is 11.5 Å². The van der Waals surface area contributed by atoms with Crippen LogP contribution >= 0.6 is 11.6 Å². The second-order valence-electron chi connectivity index (χ2n) is 4.86. The molecule has 0 aromatic heterocycles. The van der Waals surface area contributed by atoms with Crippen LogP contribution in [0.25, 0.3) is 0 Å². The summed E-state index contributed by atoms with van der Waals surface area (Å²) in [4.78, 5) is 0. The van der Waals surface area contributed by atoms with Gasteiger partial charge in [-0.15, -0.1) is 0 Å². The van der Waals surface area contributed by atoms with Gasteiger partial charge < -0.3 is 14.8 Å². The Morgan fingerprint density at radius 1 is 1.00 bits per heavy atom. The largest absolute Gasteiger partial charge is 0.496 e. The smallest absolute Gasteiger partial charge is 0.137 e. The molecule has 2 aromatic rings.